The van der Waals surface area contributed by atoms with E-state index in [9.17, 15) is 0 Å². The number of aliphatic hydroxyl groups is 1. The van der Waals surface area contributed by atoms with Gasteiger partial charge in [-0.15, -0.1) is 0 Å². The number of aliphatic hydroxyl groups excluding tert-OH is 1. The van der Waals surface area contributed by atoms with Crippen molar-refractivity contribution in [1.29, 1.82) is 5.26 Å². The van der Waals surface area contributed by atoms with Crippen LogP contribution in [0.5, 0.6) is 0 Å². The summed E-state index contributed by atoms with van der Waals surface area (Å²) in [5.41, 5.74) is 0. The van der Waals surface area contributed by atoms with Crippen molar-refractivity contribution < 1.29 is 5.11 Å². The maximum atomic E-state index is 9.04. The molecule has 0 amide bonds. The van der Waals surface area contributed by atoms with Crippen molar-refractivity contribution >= 4 is 0 Å². The van der Waals surface area contributed by atoms with E-state index in [-0.39, 0.29) is 6.10 Å². The molecule has 76 valence electrons. The Kier molecular flexibility index (Phi) is 7.66. The van der Waals surface area contributed by atoms with Gasteiger partial charge in [0.2, 0.25) is 0 Å². The summed E-state index contributed by atoms with van der Waals surface area (Å²) in [5, 5.41) is 17.4. The SMILES string of the molecule is CC(O)CCN(C)CCCCC#N. The van der Waals surface area contributed by atoms with Crippen LogP contribution in [0.15, 0.2) is 0 Å². The molecular weight excluding hydrogens is 164 g/mol. The molecule has 0 bridgehead atoms. The van der Waals surface area contributed by atoms with Gasteiger partial charge in [-0.25, -0.2) is 0 Å². The molecule has 0 aliphatic rings. The Morgan fingerprint density at radius 3 is 2.62 bits per heavy atom. The lowest BCUT2D eigenvalue weighted by Gasteiger charge is -2.16. The zero-order chi connectivity index (χ0) is 10.1. The molecule has 0 spiro atoms. The molecule has 0 aromatic rings. The second-order valence-corrected chi connectivity index (χ2v) is 3.56. The second-order valence-electron chi connectivity index (χ2n) is 3.56. The molecule has 0 saturated carbocycles. The van der Waals surface area contributed by atoms with E-state index in [0.29, 0.717) is 6.42 Å². The normalized spacial score (nSPS) is 12.8. The zero-order valence-corrected chi connectivity index (χ0v) is 8.66. The molecule has 0 rings (SSSR count). The van der Waals surface area contributed by atoms with Gasteiger partial charge in [-0.05, 0) is 39.8 Å². The monoisotopic (exact) mass is 184 g/mol. The van der Waals surface area contributed by atoms with Crippen LogP contribution in [0.25, 0.3) is 0 Å². The highest BCUT2D eigenvalue weighted by atomic mass is 16.3. The molecule has 3 heteroatoms. The van der Waals surface area contributed by atoms with Gasteiger partial charge in [-0.3, -0.25) is 0 Å². The maximum absolute atomic E-state index is 9.04. The minimum Gasteiger partial charge on any atom is -0.393 e. The lowest BCUT2D eigenvalue weighted by atomic mass is 10.2. The van der Waals surface area contributed by atoms with E-state index >= 15 is 0 Å². The van der Waals surface area contributed by atoms with Crippen LogP contribution >= 0.6 is 0 Å². The average Bonchev–Trinajstić information content (AvgIpc) is 2.09. The standard InChI is InChI=1S/C10H20N2O/c1-10(13)6-9-12(2)8-5-3-4-7-11/h10,13H,3-6,8-9H2,1-2H3. The summed E-state index contributed by atoms with van der Waals surface area (Å²) in [6, 6.07) is 2.13. The molecule has 1 unspecified atom stereocenters. The van der Waals surface area contributed by atoms with Crippen molar-refractivity contribution in [2.24, 2.45) is 0 Å². The van der Waals surface area contributed by atoms with E-state index in [1.165, 1.54) is 0 Å². The molecule has 1 N–H and O–H groups in total. The summed E-state index contributed by atoms with van der Waals surface area (Å²) >= 11 is 0. The van der Waals surface area contributed by atoms with Gasteiger partial charge in [0.1, 0.15) is 0 Å². The number of hydrogen-bond donors (Lipinski definition) is 1. The van der Waals surface area contributed by atoms with Crippen molar-refractivity contribution in [1.82, 2.24) is 4.90 Å². The predicted molar refractivity (Wildman–Crippen MR) is 53.3 cm³/mol. The van der Waals surface area contributed by atoms with Gasteiger partial charge in [0.05, 0.1) is 12.2 Å². The van der Waals surface area contributed by atoms with Crippen molar-refractivity contribution in [3.8, 4) is 6.07 Å². The molecule has 1 atom stereocenters. The molecule has 0 radical (unpaired) electrons. The summed E-state index contributed by atoms with van der Waals surface area (Å²) in [4.78, 5) is 2.20. The Bertz CT molecular complexity index is 151. The number of hydrogen-bond acceptors (Lipinski definition) is 3. The summed E-state index contributed by atoms with van der Waals surface area (Å²) in [5.74, 6) is 0. The van der Waals surface area contributed by atoms with E-state index in [1.54, 1.807) is 0 Å². The molecule has 0 aliphatic carbocycles. The van der Waals surface area contributed by atoms with Gasteiger partial charge in [0.25, 0.3) is 0 Å². The van der Waals surface area contributed by atoms with Crippen LogP contribution < -0.4 is 0 Å². The van der Waals surface area contributed by atoms with Crippen LogP contribution in [0.1, 0.15) is 32.6 Å². The van der Waals surface area contributed by atoms with Crippen LogP contribution in [-0.2, 0) is 0 Å². The Balaban J connectivity index is 3.21. The first-order valence-corrected chi connectivity index (χ1v) is 4.90. The lowest BCUT2D eigenvalue weighted by Crippen LogP contribution is -2.23. The highest BCUT2D eigenvalue weighted by Gasteiger charge is 2.00. The Morgan fingerprint density at radius 2 is 2.08 bits per heavy atom. The molecular formula is C10H20N2O. The summed E-state index contributed by atoms with van der Waals surface area (Å²) in [6.45, 7) is 3.77. The van der Waals surface area contributed by atoms with Crippen LogP contribution in [-0.4, -0.2) is 36.2 Å². The molecule has 13 heavy (non-hydrogen) atoms. The predicted octanol–water partition coefficient (Wildman–Crippen LogP) is 1.38. The van der Waals surface area contributed by atoms with Crippen LogP contribution in [0.3, 0.4) is 0 Å². The topological polar surface area (TPSA) is 47.3 Å². The van der Waals surface area contributed by atoms with Gasteiger partial charge >= 0.3 is 0 Å². The second kappa shape index (κ2) is 8.03. The Morgan fingerprint density at radius 1 is 1.38 bits per heavy atom. The van der Waals surface area contributed by atoms with Crippen molar-refractivity contribution in [2.75, 3.05) is 20.1 Å². The third kappa shape index (κ3) is 9.32. The molecule has 3 nitrogen and oxygen atoms in total. The first-order valence-electron chi connectivity index (χ1n) is 4.90. The van der Waals surface area contributed by atoms with E-state index < -0.39 is 0 Å². The fraction of sp³-hybridized carbons (Fsp3) is 0.900. The number of nitrogens with zero attached hydrogens (tertiary/aromatic N) is 2. The van der Waals surface area contributed by atoms with Gasteiger partial charge in [-0.1, -0.05) is 0 Å². The zero-order valence-electron chi connectivity index (χ0n) is 8.66. The van der Waals surface area contributed by atoms with Crippen molar-refractivity contribution in [3.05, 3.63) is 0 Å². The van der Waals surface area contributed by atoms with Gasteiger partial charge < -0.3 is 10.0 Å². The number of rotatable bonds is 7. The van der Waals surface area contributed by atoms with E-state index in [2.05, 4.69) is 18.0 Å². The summed E-state index contributed by atoms with van der Waals surface area (Å²) in [7, 11) is 2.05. The maximum Gasteiger partial charge on any atom is 0.0621 e. The minimum absolute atomic E-state index is 0.207. The fourth-order valence-corrected chi connectivity index (χ4v) is 1.10. The van der Waals surface area contributed by atoms with Crippen LogP contribution in [0, 0.1) is 11.3 Å². The Labute approximate surface area is 81.0 Å². The van der Waals surface area contributed by atoms with Gasteiger partial charge in [0.15, 0.2) is 0 Å². The fourth-order valence-electron chi connectivity index (χ4n) is 1.10. The first-order chi connectivity index (χ1) is 6.16. The van der Waals surface area contributed by atoms with Crippen molar-refractivity contribution in [2.45, 2.75) is 38.7 Å². The highest BCUT2D eigenvalue weighted by Crippen LogP contribution is 1.98. The minimum atomic E-state index is -0.207. The van der Waals surface area contributed by atoms with E-state index in [0.717, 1.165) is 32.4 Å². The molecule has 0 heterocycles. The summed E-state index contributed by atoms with van der Waals surface area (Å²) < 4.78 is 0. The largest absolute Gasteiger partial charge is 0.393 e. The quantitative estimate of drug-likeness (QED) is 0.608. The smallest absolute Gasteiger partial charge is 0.0621 e. The molecule has 0 aliphatic heterocycles. The highest BCUT2D eigenvalue weighted by molar-refractivity contribution is 4.68. The van der Waals surface area contributed by atoms with Gasteiger partial charge in [-0.2, -0.15) is 5.26 Å². The molecule has 0 aromatic heterocycles. The molecule has 0 fully saturated rings. The van der Waals surface area contributed by atoms with Crippen LogP contribution in [0.2, 0.25) is 0 Å². The lowest BCUT2D eigenvalue weighted by molar-refractivity contribution is 0.164. The Hall–Kier alpha value is -0.590. The third-order valence-electron chi connectivity index (χ3n) is 2.01. The van der Waals surface area contributed by atoms with E-state index in [4.69, 9.17) is 10.4 Å². The van der Waals surface area contributed by atoms with E-state index in [1.807, 2.05) is 6.92 Å². The molecule has 0 saturated heterocycles. The van der Waals surface area contributed by atoms with Gasteiger partial charge in [0, 0.05) is 13.0 Å². The first kappa shape index (κ1) is 12.4. The van der Waals surface area contributed by atoms with Crippen molar-refractivity contribution in [3.63, 3.8) is 0 Å². The number of unbranched alkanes of at least 4 members (excludes halogenated alkanes) is 2. The molecule has 0 aromatic carbocycles. The number of nitriles is 1. The summed E-state index contributed by atoms with van der Waals surface area (Å²) in [6.07, 6.45) is 3.33. The average molecular weight is 184 g/mol. The van der Waals surface area contributed by atoms with Crippen LogP contribution in [0.4, 0.5) is 0 Å². The third-order valence-corrected chi connectivity index (χ3v) is 2.01.